The predicted octanol–water partition coefficient (Wildman–Crippen LogP) is -0.321. The number of aliphatic hydroxyl groups is 1. The summed E-state index contributed by atoms with van der Waals surface area (Å²) in [7, 11) is 0. The third kappa shape index (κ3) is 1.17. The van der Waals surface area contributed by atoms with E-state index in [1.165, 1.54) is 5.32 Å². The van der Waals surface area contributed by atoms with Crippen molar-refractivity contribution < 1.29 is 20.5 Å². The second kappa shape index (κ2) is 2.42. The Bertz CT molecular complexity index is 288. The lowest BCUT2D eigenvalue weighted by Crippen LogP contribution is -2.41. The molecule has 1 saturated heterocycles. The molecule has 2 unspecified atom stereocenters. The summed E-state index contributed by atoms with van der Waals surface area (Å²) >= 11 is 0. The molecule has 0 bridgehead atoms. The third-order valence-corrected chi connectivity index (χ3v) is 0.624. The first-order chi connectivity index (χ1) is 6.71. The van der Waals surface area contributed by atoms with Gasteiger partial charge in [-0.2, -0.15) is 0 Å². The maximum absolute atomic E-state index is 13.7. The molecule has 0 aliphatic carbocycles. The standard InChI is InChI=1S/C5H10FNO/c6-4-3-7-2-1-5(4)8/h4-5,7-8H,1-3H2/i1D2,2D2,3D2,4D,5D. The van der Waals surface area contributed by atoms with E-state index in [1.54, 1.807) is 0 Å². The quantitative estimate of drug-likeness (QED) is 0.467. The minimum Gasteiger partial charge on any atom is -0.390 e. The molecule has 2 N–H and O–H groups in total. The highest BCUT2D eigenvalue weighted by Crippen LogP contribution is 2.05. The molecule has 1 heterocycles. The molecule has 3 heteroatoms. The van der Waals surface area contributed by atoms with Crippen molar-refractivity contribution in [1.82, 2.24) is 5.32 Å². The highest BCUT2D eigenvalue weighted by Gasteiger charge is 2.20. The van der Waals surface area contributed by atoms with Gasteiger partial charge in [0, 0.05) is 14.7 Å². The molecule has 0 spiro atoms. The molecule has 0 aromatic carbocycles. The van der Waals surface area contributed by atoms with Crippen LogP contribution in [0.25, 0.3) is 0 Å². The molecule has 2 atom stereocenters. The van der Waals surface area contributed by atoms with Gasteiger partial charge < -0.3 is 10.4 Å². The van der Waals surface area contributed by atoms with Crippen molar-refractivity contribution >= 4 is 0 Å². The second-order valence-corrected chi connectivity index (χ2v) is 1.16. The smallest absolute Gasteiger partial charge is 0.138 e. The molecular weight excluding hydrogens is 109 g/mol. The van der Waals surface area contributed by atoms with E-state index in [1.807, 2.05) is 0 Å². The van der Waals surface area contributed by atoms with Crippen LogP contribution in [0.4, 0.5) is 4.39 Å². The van der Waals surface area contributed by atoms with Crippen molar-refractivity contribution in [3.05, 3.63) is 0 Å². The Balaban J connectivity index is 3.43. The first kappa shape index (κ1) is 1.47. The second-order valence-electron chi connectivity index (χ2n) is 1.16. The Morgan fingerprint density at radius 1 is 2.00 bits per heavy atom. The van der Waals surface area contributed by atoms with Gasteiger partial charge in [-0.3, -0.25) is 0 Å². The summed E-state index contributed by atoms with van der Waals surface area (Å²) in [6.07, 6.45) is -11.4. The molecule has 0 aromatic heterocycles. The molecule has 1 aliphatic rings. The minimum absolute atomic E-state index is 1.32. The zero-order valence-corrected chi connectivity index (χ0v) is 3.83. The summed E-state index contributed by atoms with van der Waals surface area (Å²) in [5.74, 6) is 0. The van der Waals surface area contributed by atoms with Crippen LogP contribution in [0.5, 0.6) is 0 Å². The predicted molar refractivity (Wildman–Crippen MR) is 28.4 cm³/mol. The van der Waals surface area contributed by atoms with Crippen molar-refractivity contribution in [2.75, 3.05) is 13.0 Å². The summed E-state index contributed by atoms with van der Waals surface area (Å²) in [5, 5.41) is 10.6. The van der Waals surface area contributed by atoms with Crippen LogP contribution >= 0.6 is 0 Å². The molecule has 1 fully saturated rings. The number of nitrogens with one attached hydrogen (secondary N) is 1. The van der Waals surface area contributed by atoms with Gasteiger partial charge in [-0.15, -0.1) is 0 Å². The van der Waals surface area contributed by atoms with E-state index in [9.17, 15) is 9.50 Å². The number of rotatable bonds is 0. The maximum atomic E-state index is 13.7. The van der Waals surface area contributed by atoms with Crippen molar-refractivity contribution in [2.45, 2.75) is 18.6 Å². The molecular formula is C5H10FNO. The first-order valence-electron chi connectivity index (χ1n) is 5.91. The normalized spacial score (nSPS) is 91.8. The van der Waals surface area contributed by atoms with Gasteiger partial charge in [0.05, 0.1) is 8.82 Å². The van der Waals surface area contributed by atoms with Gasteiger partial charge in [0.2, 0.25) is 0 Å². The SMILES string of the molecule is [2H]C1([2H])NC([2H])([2H])C([2H])(F)C([2H])(O)C1([2H])[2H]. The zero-order valence-electron chi connectivity index (χ0n) is 11.8. The lowest BCUT2D eigenvalue weighted by Gasteiger charge is -2.21. The Labute approximate surface area is 58.9 Å². The average molecular weight is 127 g/mol. The lowest BCUT2D eigenvalue weighted by atomic mass is 10.1. The van der Waals surface area contributed by atoms with Crippen LogP contribution in [0.3, 0.4) is 0 Å². The van der Waals surface area contributed by atoms with E-state index in [0.717, 1.165) is 0 Å². The average Bonchev–Trinajstić information content (AvgIpc) is 1.98. The lowest BCUT2D eigenvalue weighted by molar-refractivity contribution is 0.0532. The largest absolute Gasteiger partial charge is 0.390 e. The molecule has 1 rings (SSSR count). The van der Waals surface area contributed by atoms with Gasteiger partial charge in [0.25, 0.3) is 0 Å². The van der Waals surface area contributed by atoms with Gasteiger partial charge in [-0.1, -0.05) is 0 Å². The number of halogens is 1. The third-order valence-electron chi connectivity index (χ3n) is 0.624. The van der Waals surface area contributed by atoms with Crippen LogP contribution < -0.4 is 5.32 Å². The summed E-state index contributed by atoms with van der Waals surface area (Å²) in [4.78, 5) is 0. The Hall–Kier alpha value is -0.150. The van der Waals surface area contributed by atoms with Gasteiger partial charge in [0.1, 0.15) is 6.15 Å². The Morgan fingerprint density at radius 2 is 2.75 bits per heavy atom. The van der Waals surface area contributed by atoms with E-state index >= 15 is 0 Å². The molecule has 2 nitrogen and oxygen atoms in total. The minimum atomic E-state index is -4.06. The van der Waals surface area contributed by atoms with Crippen LogP contribution in [-0.2, 0) is 0 Å². The maximum Gasteiger partial charge on any atom is 0.138 e. The fourth-order valence-corrected chi connectivity index (χ4v) is 0.291. The van der Waals surface area contributed by atoms with Crippen LogP contribution in [0.1, 0.15) is 17.3 Å². The van der Waals surface area contributed by atoms with Crippen molar-refractivity contribution in [1.29, 1.82) is 0 Å². The van der Waals surface area contributed by atoms with Crippen molar-refractivity contribution in [3.63, 3.8) is 0 Å². The van der Waals surface area contributed by atoms with E-state index in [2.05, 4.69) is 0 Å². The summed E-state index contributed by atoms with van der Waals surface area (Å²) in [6, 6.07) is 0. The van der Waals surface area contributed by atoms with Crippen LogP contribution in [0, 0.1) is 0 Å². The van der Waals surface area contributed by atoms with Crippen molar-refractivity contribution in [3.8, 4) is 0 Å². The van der Waals surface area contributed by atoms with Crippen LogP contribution in [0.2, 0.25) is 0 Å². The van der Waals surface area contributed by atoms with Gasteiger partial charge in [0.15, 0.2) is 0 Å². The highest BCUT2D eigenvalue weighted by molar-refractivity contribution is 4.75. The summed E-state index contributed by atoms with van der Waals surface area (Å²) < 4.78 is 70.2. The molecule has 0 aromatic rings. The van der Waals surface area contributed by atoms with E-state index in [0.29, 0.717) is 0 Å². The molecule has 0 radical (unpaired) electrons. The zero-order chi connectivity index (χ0) is 13.2. The Kier molecular flexibility index (Phi) is 0.443. The molecule has 0 amide bonds. The Morgan fingerprint density at radius 3 is 3.50 bits per heavy atom. The van der Waals surface area contributed by atoms with Crippen molar-refractivity contribution in [2.24, 2.45) is 0 Å². The van der Waals surface area contributed by atoms with Gasteiger partial charge in [-0.05, 0) is 12.9 Å². The fraction of sp³-hybridized carbons (Fsp3) is 1.00. The fourth-order valence-electron chi connectivity index (χ4n) is 0.291. The topological polar surface area (TPSA) is 32.3 Å². The van der Waals surface area contributed by atoms with E-state index in [4.69, 9.17) is 11.0 Å². The van der Waals surface area contributed by atoms with Crippen LogP contribution in [0.15, 0.2) is 0 Å². The molecule has 8 heavy (non-hydrogen) atoms. The summed E-state index contributed by atoms with van der Waals surface area (Å²) in [5.41, 5.74) is 0. The van der Waals surface area contributed by atoms with E-state index < -0.39 is 31.6 Å². The molecule has 0 saturated carbocycles. The highest BCUT2D eigenvalue weighted by atomic mass is 19.1. The number of alkyl halides is 1. The number of piperidine rings is 1. The molecule has 48 valence electrons. The summed E-state index contributed by atoms with van der Waals surface area (Å²) in [6.45, 7) is -6.60. The monoisotopic (exact) mass is 127 g/mol. The van der Waals surface area contributed by atoms with E-state index in [-0.39, 0.29) is 0 Å². The molecule has 1 aliphatic heterocycles. The van der Waals surface area contributed by atoms with Gasteiger partial charge in [-0.25, -0.2) is 4.39 Å². The number of hydrogen-bond donors (Lipinski definition) is 2. The first-order valence-corrected chi connectivity index (χ1v) is 1.91. The van der Waals surface area contributed by atoms with Gasteiger partial charge >= 0.3 is 0 Å². The van der Waals surface area contributed by atoms with Crippen LogP contribution in [-0.4, -0.2) is 30.3 Å². The number of hydrogen-bond acceptors (Lipinski definition) is 2.